The largest absolute Gasteiger partial charge is 0.492 e. The number of nitrogens with one attached hydrogen (secondary N) is 1. The zero-order chi connectivity index (χ0) is 15.3. The van der Waals surface area contributed by atoms with Crippen LogP contribution in [0.5, 0.6) is 5.75 Å². The lowest BCUT2D eigenvalue weighted by Gasteiger charge is -2.22. The van der Waals surface area contributed by atoms with Crippen LogP contribution in [0.2, 0.25) is 0 Å². The Morgan fingerprint density at radius 1 is 1.27 bits per heavy atom. The fourth-order valence-corrected chi connectivity index (χ4v) is 2.69. The maximum atomic E-state index is 12.0. The van der Waals surface area contributed by atoms with Gasteiger partial charge in [0.15, 0.2) is 0 Å². The summed E-state index contributed by atoms with van der Waals surface area (Å²) in [6.45, 7) is 5.28. The van der Waals surface area contributed by atoms with Crippen molar-refractivity contribution < 1.29 is 9.53 Å². The zero-order valence-corrected chi connectivity index (χ0v) is 14.2. The van der Waals surface area contributed by atoms with E-state index in [-0.39, 0.29) is 18.3 Å². The molecule has 1 fully saturated rings. The number of benzene rings is 1. The number of amides is 1. The van der Waals surface area contributed by atoms with Gasteiger partial charge in [0.2, 0.25) is 5.91 Å². The quantitative estimate of drug-likeness (QED) is 0.790. The molecule has 0 atom stereocenters. The molecule has 2 rings (SSSR count). The fourth-order valence-electron chi connectivity index (χ4n) is 2.69. The van der Waals surface area contributed by atoms with Crippen molar-refractivity contribution in [3.63, 3.8) is 0 Å². The van der Waals surface area contributed by atoms with Crippen LogP contribution in [0, 0.1) is 0 Å². The fraction of sp³-hybridized carbons (Fsp3) is 0.588. The van der Waals surface area contributed by atoms with Gasteiger partial charge in [-0.3, -0.25) is 4.79 Å². The van der Waals surface area contributed by atoms with Crippen molar-refractivity contribution in [1.82, 2.24) is 5.32 Å². The first kappa shape index (κ1) is 18.8. The minimum absolute atomic E-state index is 0. The van der Waals surface area contributed by atoms with Crippen molar-refractivity contribution in [3.05, 3.63) is 29.8 Å². The maximum absolute atomic E-state index is 12.0. The second-order valence-electron chi connectivity index (χ2n) is 6.19. The molecular formula is C17H27ClN2O2. The molecule has 5 heteroatoms. The molecule has 124 valence electrons. The normalized spacial score (nSPS) is 16.2. The molecule has 0 aromatic heterocycles. The highest BCUT2D eigenvalue weighted by Crippen LogP contribution is 2.27. The maximum Gasteiger partial charge on any atom is 0.240 e. The van der Waals surface area contributed by atoms with Crippen LogP contribution in [-0.2, 0) is 4.79 Å². The molecule has 0 bridgehead atoms. The van der Waals surface area contributed by atoms with Crippen LogP contribution in [-0.4, -0.2) is 24.6 Å². The van der Waals surface area contributed by atoms with E-state index in [9.17, 15) is 4.79 Å². The molecule has 1 saturated carbocycles. The predicted octanol–water partition coefficient (Wildman–Crippen LogP) is 3.00. The Morgan fingerprint density at radius 2 is 1.86 bits per heavy atom. The molecule has 1 aromatic rings. The SMILES string of the molecule is CC(C)c1ccc(OCCNC(=O)C2(N)CCCC2)cc1.Cl. The predicted molar refractivity (Wildman–Crippen MR) is 91.7 cm³/mol. The van der Waals surface area contributed by atoms with E-state index in [2.05, 4.69) is 31.3 Å². The summed E-state index contributed by atoms with van der Waals surface area (Å²) in [7, 11) is 0. The lowest BCUT2D eigenvalue weighted by atomic mass is 9.98. The van der Waals surface area contributed by atoms with Gasteiger partial charge in [-0.2, -0.15) is 0 Å². The van der Waals surface area contributed by atoms with Crippen LogP contribution in [0.3, 0.4) is 0 Å². The number of hydrogen-bond acceptors (Lipinski definition) is 3. The number of hydrogen-bond donors (Lipinski definition) is 2. The Bertz CT molecular complexity index is 468. The minimum Gasteiger partial charge on any atom is -0.492 e. The van der Waals surface area contributed by atoms with Gasteiger partial charge >= 0.3 is 0 Å². The van der Waals surface area contributed by atoms with Crippen LogP contribution >= 0.6 is 12.4 Å². The molecule has 0 aliphatic heterocycles. The molecule has 3 N–H and O–H groups in total. The van der Waals surface area contributed by atoms with Crippen LogP contribution < -0.4 is 15.8 Å². The second kappa shape index (κ2) is 8.39. The summed E-state index contributed by atoms with van der Waals surface area (Å²) in [4.78, 5) is 12.0. The topological polar surface area (TPSA) is 64.3 Å². The Balaban J connectivity index is 0.00000242. The summed E-state index contributed by atoms with van der Waals surface area (Å²) in [6.07, 6.45) is 3.66. The Labute approximate surface area is 139 Å². The van der Waals surface area contributed by atoms with Gasteiger partial charge in [0.1, 0.15) is 12.4 Å². The van der Waals surface area contributed by atoms with Crippen molar-refractivity contribution in [3.8, 4) is 5.75 Å². The van der Waals surface area contributed by atoms with Crippen molar-refractivity contribution in [1.29, 1.82) is 0 Å². The molecule has 0 saturated heterocycles. The summed E-state index contributed by atoms with van der Waals surface area (Å²) in [5.74, 6) is 1.31. The molecule has 1 aliphatic rings. The number of ether oxygens (including phenoxy) is 1. The number of carbonyl (C=O) groups is 1. The van der Waals surface area contributed by atoms with E-state index in [0.717, 1.165) is 31.4 Å². The molecule has 1 aromatic carbocycles. The van der Waals surface area contributed by atoms with Gasteiger partial charge in [0, 0.05) is 0 Å². The number of rotatable bonds is 6. The van der Waals surface area contributed by atoms with Gasteiger partial charge in [-0.25, -0.2) is 0 Å². The molecule has 0 heterocycles. The van der Waals surface area contributed by atoms with E-state index in [1.54, 1.807) is 0 Å². The van der Waals surface area contributed by atoms with Gasteiger partial charge < -0.3 is 15.8 Å². The standard InChI is InChI=1S/C17H26N2O2.ClH/c1-13(2)14-5-7-15(8-6-14)21-12-11-19-16(20)17(18)9-3-4-10-17;/h5-8,13H,3-4,9-12,18H2,1-2H3,(H,19,20);1H. The van der Waals surface area contributed by atoms with Crippen LogP contribution in [0.4, 0.5) is 0 Å². The Morgan fingerprint density at radius 3 is 2.41 bits per heavy atom. The Kier molecular flexibility index (Phi) is 7.17. The molecule has 1 amide bonds. The highest BCUT2D eigenvalue weighted by Gasteiger charge is 2.36. The molecular weight excluding hydrogens is 300 g/mol. The van der Waals surface area contributed by atoms with Crippen molar-refractivity contribution >= 4 is 18.3 Å². The lowest BCUT2D eigenvalue weighted by molar-refractivity contribution is -0.126. The monoisotopic (exact) mass is 326 g/mol. The zero-order valence-electron chi connectivity index (χ0n) is 13.4. The highest BCUT2D eigenvalue weighted by atomic mass is 35.5. The van der Waals surface area contributed by atoms with E-state index < -0.39 is 5.54 Å². The second-order valence-corrected chi connectivity index (χ2v) is 6.19. The van der Waals surface area contributed by atoms with Crippen LogP contribution in [0.25, 0.3) is 0 Å². The number of carbonyl (C=O) groups excluding carboxylic acids is 1. The first-order valence-electron chi connectivity index (χ1n) is 7.81. The molecule has 0 radical (unpaired) electrons. The molecule has 0 unspecified atom stereocenters. The molecule has 4 nitrogen and oxygen atoms in total. The highest BCUT2D eigenvalue weighted by molar-refractivity contribution is 5.86. The van der Waals surface area contributed by atoms with E-state index in [1.165, 1.54) is 5.56 Å². The van der Waals surface area contributed by atoms with Crippen molar-refractivity contribution in [2.45, 2.75) is 51.0 Å². The summed E-state index contributed by atoms with van der Waals surface area (Å²) < 4.78 is 5.63. The lowest BCUT2D eigenvalue weighted by Crippen LogP contribution is -2.52. The molecule has 22 heavy (non-hydrogen) atoms. The number of nitrogens with two attached hydrogens (primary N) is 1. The number of halogens is 1. The van der Waals surface area contributed by atoms with E-state index in [4.69, 9.17) is 10.5 Å². The van der Waals surface area contributed by atoms with Gasteiger partial charge in [-0.05, 0) is 36.5 Å². The van der Waals surface area contributed by atoms with Crippen LogP contribution in [0.15, 0.2) is 24.3 Å². The third-order valence-electron chi connectivity index (χ3n) is 4.15. The van der Waals surface area contributed by atoms with Gasteiger partial charge in [-0.15, -0.1) is 12.4 Å². The first-order valence-corrected chi connectivity index (χ1v) is 7.81. The third kappa shape index (κ3) is 4.89. The third-order valence-corrected chi connectivity index (χ3v) is 4.15. The van der Waals surface area contributed by atoms with Crippen LogP contribution in [0.1, 0.15) is 51.0 Å². The van der Waals surface area contributed by atoms with E-state index in [1.807, 2.05) is 12.1 Å². The molecule has 0 spiro atoms. The van der Waals surface area contributed by atoms with Crippen molar-refractivity contribution in [2.24, 2.45) is 5.73 Å². The summed E-state index contributed by atoms with van der Waals surface area (Å²) in [5.41, 5.74) is 6.73. The summed E-state index contributed by atoms with van der Waals surface area (Å²) in [5, 5.41) is 2.88. The average molecular weight is 327 g/mol. The van der Waals surface area contributed by atoms with E-state index >= 15 is 0 Å². The van der Waals surface area contributed by atoms with E-state index in [0.29, 0.717) is 19.1 Å². The Hall–Kier alpha value is -1.26. The van der Waals surface area contributed by atoms with Gasteiger partial charge in [0.25, 0.3) is 0 Å². The summed E-state index contributed by atoms with van der Waals surface area (Å²) >= 11 is 0. The van der Waals surface area contributed by atoms with Crippen molar-refractivity contribution in [2.75, 3.05) is 13.2 Å². The van der Waals surface area contributed by atoms with Gasteiger partial charge in [-0.1, -0.05) is 38.8 Å². The average Bonchev–Trinajstić information content (AvgIpc) is 2.92. The van der Waals surface area contributed by atoms with Gasteiger partial charge in [0.05, 0.1) is 12.1 Å². The molecule has 1 aliphatic carbocycles. The summed E-state index contributed by atoms with van der Waals surface area (Å²) in [6, 6.07) is 8.09. The smallest absolute Gasteiger partial charge is 0.240 e. The first-order chi connectivity index (χ1) is 10.0. The minimum atomic E-state index is -0.654.